The Morgan fingerprint density at radius 2 is 1.92 bits per heavy atom. The van der Waals surface area contributed by atoms with Gasteiger partial charge in [-0.1, -0.05) is 20.3 Å². The molecule has 1 aliphatic carbocycles. The Morgan fingerprint density at radius 3 is 2.46 bits per heavy atom. The molecule has 1 nitrogen and oxygen atoms in total. The fourth-order valence-electron chi connectivity index (χ4n) is 3.13. The lowest BCUT2D eigenvalue weighted by Crippen LogP contribution is -2.58. The molecule has 0 aromatic rings. The van der Waals surface area contributed by atoms with Gasteiger partial charge in [0.2, 0.25) is 0 Å². The van der Waals surface area contributed by atoms with Gasteiger partial charge in [-0.05, 0) is 51.1 Å². The Labute approximate surface area is 82.5 Å². The number of likely N-dealkylation sites (tertiary alicyclic amines) is 1. The van der Waals surface area contributed by atoms with E-state index in [9.17, 15) is 0 Å². The zero-order valence-electron chi connectivity index (χ0n) is 9.34. The second kappa shape index (κ2) is 3.27. The average Bonchev–Trinajstić information content (AvgIpc) is 2.01. The van der Waals surface area contributed by atoms with Crippen LogP contribution >= 0.6 is 0 Å². The number of hydrogen-bond donors (Lipinski definition) is 0. The highest BCUT2D eigenvalue weighted by Gasteiger charge is 2.48. The first-order valence-corrected chi connectivity index (χ1v) is 5.85. The third kappa shape index (κ3) is 1.52. The topological polar surface area (TPSA) is 3.24 Å². The summed E-state index contributed by atoms with van der Waals surface area (Å²) in [5.41, 5.74) is 0.646. The minimum Gasteiger partial charge on any atom is -0.301 e. The lowest BCUT2D eigenvalue weighted by Gasteiger charge is -2.57. The van der Waals surface area contributed by atoms with Gasteiger partial charge in [0.15, 0.2) is 0 Å². The van der Waals surface area contributed by atoms with E-state index < -0.39 is 0 Å². The summed E-state index contributed by atoms with van der Waals surface area (Å²) < 4.78 is 0. The van der Waals surface area contributed by atoms with Crippen LogP contribution in [-0.4, -0.2) is 24.0 Å². The maximum absolute atomic E-state index is 2.63. The van der Waals surface area contributed by atoms with Crippen molar-refractivity contribution < 1.29 is 0 Å². The molecular formula is C12H23N. The summed E-state index contributed by atoms with van der Waals surface area (Å²) in [6.45, 7) is 6.09. The molecule has 2 aliphatic rings. The molecule has 1 heterocycles. The van der Waals surface area contributed by atoms with E-state index in [2.05, 4.69) is 25.8 Å². The Bertz CT molecular complexity index is 180. The molecule has 1 saturated heterocycles. The van der Waals surface area contributed by atoms with E-state index in [4.69, 9.17) is 0 Å². The third-order valence-electron chi connectivity index (χ3n) is 4.42. The lowest BCUT2D eigenvalue weighted by atomic mass is 9.60. The van der Waals surface area contributed by atoms with Crippen molar-refractivity contribution >= 4 is 0 Å². The molecule has 13 heavy (non-hydrogen) atoms. The van der Waals surface area contributed by atoms with Crippen LogP contribution in [0.2, 0.25) is 0 Å². The SMILES string of the molecule is CC(C)C1CC2(CCCCN2C)C1. The van der Waals surface area contributed by atoms with Crippen LogP contribution < -0.4 is 0 Å². The zero-order chi connectivity index (χ0) is 9.47. The molecule has 76 valence electrons. The van der Waals surface area contributed by atoms with Crippen molar-refractivity contribution in [1.82, 2.24) is 4.90 Å². The van der Waals surface area contributed by atoms with Crippen molar-refractivity contribution in [2.75, 3.05) is 13.6 Å². The van der Waals surface area contributed by atoms with Gasteiger partial charge in [0.25, 0.3) is 0 Å². The van der Waals surface area contributed by atoms with Crippen molar-refractivity contribution in [3.8, 4) is 0 Å². The summed E-state index contributed by atoms with van der Waals surface area (Å²) in [5.74, 6) is 1.92. The molecular weight excluding hydrogens is 158 g/mol. The van der Waals surface area contributed by atoms with Gasteiger partial charge in [-0.3, -0.25) is 0 Å². The molecule has 0 atom stereocenters. The first-order chi connectivity index (χ1) is 6.14. The Hall–Kier alpha value is -0.0400. The predicted molar refractivity (Wildman–Crippen MR) is 56.8 cm³/mol. The molecule has 1 spiro atoms. The molecule has 0 radical (unpaired) electrons. The van der Waals surface area contributed by atoms with Crippen LogP contribution in [0.3, 0.4) is 0 Å². The minimum atomic E-state index is 0.646. The van der Waals surface area contributed by atoms with Gasteiger partial charge in [0.05, 0.1) is 0 Å². The van der Waals surface area contributed by atoms with Crippen LogP contribution in [0.1, 0.15) is 46.0 Å². The minimum absolute atomic E-state index is 0.646. The fourth-order valence-corrected chi connectivity index (χ4v) is 3.13. The van der Waals surface area contributed by atoms with Crippen molar-refractivity contribution in [3.05, 3.63) is 0 Å². The van der Waals surface area contributed by atoms with E-state index in [0.717, 1.165) is 11.8 Å². The predicted octanol–water partition coefficient (Wildman–Crippen LogP) is 2.91. The summed E-state index contributed by atoms with van der Waals surface area (Å²) in [6.07, 6.45) is 7.30. The average molecular weight is 181 g/mol. The Kier molecular flexibility index (Phi) is 2.39. The smallest absolute Gasteiger partial charge is 0.0212 e. The molecule has 0 aromatic heterocycles. The van der Waals surface area contributed by atoms with Crippen LogP contribution in [0.25, 0.3) is 0 Å². The number of piperidine rings is 1. The van der Waals surface area contributed by atoms with E-state index >= 15 is 0 Å². The lowest BCUT2D eigenvalue weighted by molar-refractivity contribution is -0.0515. The molecule has 1 heteroatoms. The summed E-state index contributed by atoms with van der Waals surface area (Å²) in [4.78, 5) is 2.63. The standard InChI is InChI=1S/C12H23N/c1-10(2)11-8-12(9-11)6-4-5-7-13(12)3/h10-11H,4-9H2,1-3H3. The third-order valence-corrected chi connectivity index (χ3v) is 4.42. The van der Waals surface area contributed by atoms with Gasteiger partial charge >= 0.3 is 0 Å². The summed E-state index contributed by atoms with van der Waals surface area (Å²) in [7, 11) is 2.33. The first kappa shape index (κ1) is 9.51. The van der Waals surface area contributed by atoms with Gasteiger partial charge in [0, 0.05) is 5.54 Å². The zero-order valence-corrected chi connectivity index (χ0v) is 9.34. The van der Waals surface area contributed by atoms with Gasteiger partial charge in [-0.2, -0.15) is 0 Å². The summed E-state index contributed by atoms with van der Waals surface area (Å²) in [5, 5.41) is 0. The van der Waals surface area contributed by atoms with Crippen LogP contribution in [0.15, 0.2) is 0 Å². The van der Waals surface area contributed by atoms with Gasteiger partial charge < -0.3 is 4.90 Å². The monoisotopic (exact) mass is 181 g/mol. The Morgan fingerprint density at radius 1 is 1.23 bits per heavy atom. The fraction of sp³-hybridized carbons (Fsp3) is 1.00. The molecule has 2 rings (SSSR count). The quantitative estimate of drug-likeness (QED) is 0.601. The van der Waals surface area contributed by atoms with Crippen LogP contribution in [0.4, 0.5) is 0 Å². The van der Waals surface area contributed by atoms with Crippen molar-refractivity contribution in [3.63, 3.8) is 0 Å². The van der Waals surface area contributed by atoms with E-state index in [1.54, 1.807) is 0 Å². The van der Waals surface area contributed by atoms with E-state index in [-0.39, 0.29) is 0 Å². The molecule has 0 unspecified atom stereocenters. The normalized spacial score (nSPS) is 41.1. The van der Waals surface area contributed by atoms with Gasteiger partial charge in [0.1, 0.15) is 0 Å². The van der Waals surface area contributed by atoms with E-state index in [1.165, 1.54) is 38.6 Å². The van der Waals surface area contributed by atoms with Crippen LogP contribution in [0, 0.1) is 11.8 Å². The maximum atomic E-state index is 2.63. The van der Waals surface area contributed by atoms with Gasteiger partial charge in [-0.25, -0.2) is 0 Å². The molecule has 0 N–H and O–H groups in total. The second-order valence-corrected chi connectivity index (χ2v) is 5.52. The molecule has 0 aromatic carbocycles. The molecule has 0 amide bonds. The highest BCUT2D eigenvalue weighted by Crippen LogP contribution is 2.49. The van der Waals surface area contributed by atoms with E-state index in [1.807, 2.05) is 0 Å². The summed E-state index contributed by atoms with van der Waals surface area (Å²) >= 11 is 0. The highest BCUT2D eigenvalue weighted by molar-refractivity contribution is 5.03. The number of rotatable bonds is 1. The van der Waals surface area contributed by atoms with Crippen LogP contribution in [0.5, 0.6) is 0 Å². The second-order valence-electron chi connectivity index (χ2n) is 5.52. The van der Waals surface area contributed by atoms with Gasteiger partial charge in [-0.15, -0.1) is 0 Å². The molecule has 2 fully saturated rings. The molecule has 1 aliphatic heterocycles. The van der Waals surface area contributed by atoms with Crippen molar-refractivity contribution in [1.29, 1.82) is 0 Å². The number of nitrogens with zero attached hydrogens (tertiary/aromatic N) is 1. The Balaban J connectivity index is 1.93. The summed E-state index contributed by atoms with van der Waals surface area (Å²) in [6, 6.07) is 0. The van der Waals surface area contributed by atoms with E-state index in [0.29, 0.717) is 5.54 Å². The number of hydrogen-bond acceptors (Lipinski definition) is 1. The maximum Gasteiger partial charge on any atom is 0.0212 e. The van der Waals surface area contributed by atoms with Crippen molar-refractivity contribution in [2.45, 2.75) is 51.5 Å². The molecule has 0 bridgehead atoms. The molecule has 1 saturated carbocycles. The van der Waals surface area contributed by atoms with Crippen LogP contribution in [-0.2, 0) is 0 Å². The highest BCUT2D eigenvalue weighted by atomic mass is 15.2. The largest absolute Gasteiger partial charge is 0.301 e. The first-order valence-electron chi connectivity index (χ1n) is 5.85. The van der Waals surface area contributed by atoms with Crippen molar-refractivity contribution in [2.24, 2.45) is 11.8 Å².